The van der Waals surface area contributed by atoms with Crippen LogP contribution >= 0.6 is 0 Å². The van der Waals surface area contributed by atoms with E-state index in [1.807, 2.05) is 13.0 Å². The first-order valence-electron chi connectivity index (χ1n) is 6.23. The molecule has 0 spiro atoms. The summed E-state index contributed by atoms with van der Waals surface area (Å²) in [5.41, 5.74) is 1.23. The standard InChI is InChI=1S/C15H20O3/c1-3-4-5-6-7-10-18-14-11-12(2)8-9-13(14)15(16)17/h3,8-9,11H,1,4-7,10H2,2H3,(H,16,17). The van der Waals surface area contributed by atoms with Crippen molar-refractivity contribution in [1.29, 1.82) is 0 Å². The molecule has 3 heteroatoms. The summed E-state index contributed by atoms with van der Waals surface area (Å²) < 4.78 is 5.55. The highest BCUT2D eigenvalue weighted by atomic mass is 16.5. The van der Waals surface area contributed by atoms with E-state index in [-0.39, 0.29) is 5.56 Å². The highest BCUT2D eigenvalue weighted by Gasteiger charge is 2.10. The molecule has 0 radical (unpaired) electrons. The van der Waals surface area contributed by atoms with E-state index in [0.717, 1.165) is 31.2 Å². The quantitative estimate of drug-likeness (QED) is 0.562. The lowest BCUT2D eigenvalue weighted by Crippen LogP contribution is -2.04. The minimum atomic E-state index is -0.948. The molecule has 0 fully saturated rings. The van der Waals surface area contributed by atoms with Gasteiger partial charge >= 0.3 is 5.97 Å². The molecule has 0 aliphatic rings. The number of ether oxygens (including phenoxy) is 1. The Morgan fingerprint density at radius 2 is 2.17 bits per heavy atom. The fourth-order valence-electron chi connectivity index (χ4n) is 1.68. The average molecular weight is 248 g/mol. The molecule has 0 aromatic heterocycles. The summed E-state index contributed by atoms with van der Waals surface area (Å²) in [4.78, 5) is 11.0. The van der Waals surface area contributed by atoms with Gasteiger partial charge in [-0.05, 0) is 50.3 Å². The number of rotatable bonds is 8. The first kappa shape index (κ1) is 14.3. The number of carbonyl (C=O) groups is 1. The summed E-state index contributed by atoms with van der Waals surface area (Å²) in [6.07, 6.45) is 6.03. The predicted molar refractivity (Wildman–Crippen MR) is 72.3 cm³/mol. The number of carboxylic acids is 1. The van der Waals surface area contributed by atoms with Crippen molar-refractivity contribution in [2.75, 3.05) is 6.61 Å². The molecule has 1 aromatic carbocycles. The molecule has 0 bridgehead atoms. The van der Waals surface area contributed by atoms with Gasteiger partial charge in [0.15, 0.2) is 0 Å². The largest absolute Gasteiger partial charge is 0.493 e. The zero-order valence-electron chi connectivity index (χ0n) is 10.8. The number of benzene rings is 1. The lowest BCUT2D eigenvalue weighted by atomic mass is 10.1. The number of hydrogen-bond acceptors (Lipinski definition) is 2. The van der Waals surface area contributed by atoms with Gasteiger partial charge in [0, 0.05) is 0 Å². The van der Waals surface area contributed by atoms with Crippen LogP contribution in [0.1, 0.15) is 41.6 Å². The highest BCUT2D eigenvalue weighted by molar-refractivity contribution is 5.90. The topological polar surface area (TPSA) is 46.5 Å². The van der Waals surface area contributed by atoms with Crippen LogP contribution in [0, 0.1) is 6.92 Å². The molecule has 0 aliphatic carbocycles. The molecule has 0 atom stereocenters. The van der Waals surface area contributed by atoms with E-state index in [1.54, 1.807) is 18.2 Å². The first-order chi connectivity index (χ1) is 8.65. The number of aromatic carboxylic acids is 1. The van der Waals surface area contributed by atoms with E-state index >= 15 is 0 Å². The van der Waals surface area contributed by atoms with Crippen molar-refractivity contribution in [1.82, 2.24) is 0 Å². The number of unbranched alkanes of at least 4 members (excludes halogenated alkanes) is 3. The van der Waals surface area contributed by atoms with Gasteiger partial charge in [0.2, 0.25) is 0 Å². The Hall–Kier alpha value is -1.77. The molecule has 1 rings (SSSR count). The Kier molecular flexibility index (Phi) is 5.98. The number of hydrogen-bond donors (Lipinski definition) is 1. The molecular weight excluding hydrogens is 228 g/mol. The Balaban J connectivity index is 2.47. The maximum absolute atomic E-state index is 11.0. The monoisotopic (exact) mass is 248 g/mol. The van der Waals surface area contributed by atoms with E-state index in [2.05, 4.69) is 6.58 Å². The summed E-state index contributed by atoms with van der Waals surface area (Å²) in [6.45, 7) is 6.15. The second-order valence-electron chi connectivity index (χ2n) is 4.29. The second-order valence-corrected chi connectivity index (χ2v) is 4.29. The molecule has 1 N–H and O–H groups in total. The van der Waals surface area contributed by atoms with E-state index in [9.17, 15) is 4.79 Å². The van der Waals surface area contributed by atoms with E-state index in [4.69, 9.17) is 9.84 Å². The molecule has 3 nitrogen and oxygen atoms in total. The van der Waals surface area contributed by atoms with Crippen molar-refractivity contribution in [2.45, 2.75) is 32.6 Å². The molecule has 0 amide bonds. The molecule has 98 valence electrons. The van der Waals surface area contributed by atoms with Crippen LogP contribution in [0.15, 0.2) is 30.9 Å². The first-order valence-corrected chi connectivity index (χ1v) is 6.23. The van der Waals surface area contributed by atoms with Gasteiger partial charge in [-0.2, -0.15) is 0 Å². The van der Waals surface area contributed by atoms with Gasteiger partial charge in [-0.15, -0.1) is 6.58 Å². The SMILES string of the molecule is C=CCCCCCOc1cc(C)ccc1C(=O)O. The van der Waals surface area contributed by atoms with Crippen LogP contribution in [0.2, 0.25) is 0 Å². The zero-order chi connectivity index (χ0) is 13.4. The third-order valence-corrected chi connectivity index (χ3v) is 2.68. The van der Waals surface area contributed by atoms with Crippen LogP contribution < -0.4 is 4.74 Å². The smallest absolute Gasteiger partial charge is 0.339 e. The van der Waals surface area contributed by atoms with Gasteiger partial charge < -0.3 is 9.84 Å². The molecule has 0 saturated heterocycles. The highest BCUT2D eigenvalue weighted by Crippen LogP contribution is 2.20. The Morgan fingerprint density at radius 1 is 1.39 bits per heavy atom. The lowest BCUT2D eigenvalue weighted by Gasteiger charge is -2.09. The van der Waals surface area contributed by atoms with Crippen LogP contribution in [0.25, 0.3) is 0 Å². The summed E-state index contributed by atoms with van der Waals surface area (Å²) in [5.74, 6) is -0.483. The Morgan fingerprint density at radius 3 is 2.83 bits per heavy atom. The van der Waals surface area contributed by atoms with Gasteiger partial charge in [0.05, 0.1) is 6.61 Å². The van der Waals surface area contributed by atoms with Crippen LogP contribution in [0.3, 0.4) is 0 Å². The van der Waals surface area contributed by atoms with Gasteiger partial charge in [-0.3, -0.25) is 0 Å². The molecular formula is C15H20O3. The zero-order valence-corrected chi connectivity index (χ0v) is 10.8. The molecule has 1 aromatic rings. The maximum Gasteiger partial charge on any atom is 0.339 e. The van der Waals surface area contributed by atoms with Crippen molar-refractivity contribution in [2.24, 2.45) is 0 Å². The second kappa shape index (κ2) is 7.54. The van der Waals surface area contributed by atoms with Crippen molar-refractivity contribution in [3.63, 3.8) is 0 Å². The number of carboxylic acid groups (broad SMARTS) is 1. The van der Waals surface area contributed by atoms with E-state index in [0.29, 0.717) is 12.4 Å². The van der Waals surface area contributed by atoms with Crippen molar-refractivity contribution < 1.29 is 14.6 Å². The van der Waals surface area contributed by atoms with Gasteiger partial charge in [-0.1, -0.05) is 12.1 Å². The van der Waals surface area contributed by atoms with Crippen molar-refractivity contribution in [3.8, 4) is 5.75 Å². The summed E-state index contributed by atoms with van der Waals surface area (Å²) in [5, 5.41) is 9.04. The van der Waals surface area contributed by atoms with Crippen molar-refractivity contribution >= 4 is 5.97 Å². The normalized spacial score (nSPS) is 10.1. The van der Waals surface area contributed by atoms with Gasteiger partial charge in [0.25, 0.3) is 0 Å². The number of aryl methyl sites for hydroxylation is 1. The fourth-order valence-corrected chi connectivity index (χ4v) is 1.68. The molecule has 0 aliphatic heterocycles. The van der Waals surface area contributed by atoms with Crippen LogP contribution in [-0.4, -0.2) is 17.7 Å². The third kappa shape index (κ3) is 4.62. The fraction of sp³-hybridized carbons (Fsp3) is 0.400. The Labute approximate surface area is 108 Å². The summed E-state index contributed by atoms with van der Waals surface area (Å²) >= 11 is 0. The third-order valence-electron chi connectivity index (χ3n) is 2.68. The summed E-state index contributed by atoms with van der Waals surface area (Å²) in [6, 6.07) is 5.14. The minimum Gasteiger partial charge on any atom is -0.493 e. The Bertz CT molecular complexity index is 410. The summed E-state index contributed by atoms with van der Waals surface area (Å²) in [7, 11) is 0. The van der Waals surface area contributed by atoms with E-state index < -0.39 is 5.97 Å². The minimum absolute atomic E-state index is 0.228. The predicted octanol–water partition coefficient (Wildman–Crippen LogP) is 3.82. The maximum atomic E-state index is 11.0. The molecule has 0 unspecified atom stereocenters. The van der Waals surface area contributed by atoms with Crippen LogP contribution in [-0.2, 0) is 0 Å². The molecule has 18 heavy (non-hydrogen) atoms. The van der Waals surface area contributed by atoms with Crippen LogP contribution in [0.4, 0.5) is 0 Å². The van der Waals surface area contributed by atoms with E-state index in [1.165, 1.54) is 0 Å². The lowest BCUT2D eigenvalue weighted by molar-refractivity contribution is 0.0692. The van der Waals surface area contributed by atoms with Gasteiger partial charge in [-0.25, -0.2) is 4.79 Å². The molecule has 0 heterocycles. The molecule has 0 saturated carbocycles. The number of allylic oxidation sites excluding steroid dienone is 1. The van der Waals surface area contributed by atoms with Crippen LogP contribution in [0.5, 0.6) is 5.75 Å². The van der Waals surface area contributed by atoms with Gasteiger partial charge in [0.1, 0.15) is 11.3 Å². The average Bonchev–Trinajstić information content (AvgIpc) is 2.33. The van der Waals surface area contributed by atoms with Crippen molar-refractivity contribution in [3.05, 3.63) is 42.0 Å².